The Morgan fingerprint density at radius 3 is 2.27 bits per heavy atom. The number of nitrogens with zero attached hydrogens (tertiary/aromatic N) is 1. The van der Waals surface area contributed by atoms with Gasteiger partial charge in [0.2, 0.25) is 0 Å². The molecule has 0 atom stereocenters. The van der Waals surface area contributed by atoms with E-state index in [1.165, 1.54) is 11.9 Å². The summed E-state index contributed by atoms with van der Waals surface area (Å²) in [6, 6.07) is 0. The lowest BCUT2D eigenvalue weighted by Gasteiger charge is -2.15. The van der Waals surface area contributed by atoms with E-state index in [2.05, 4.69) is 0 Å². The van der Waals surface area contributed by atoms with Gasteiger partial charge in [-0.3, -0.25) is 4.90 Å². The Hall–Kier alpha value is -0.510. The second-order valence-electron chi connectivity index (χ2n) is 2.38. The summed E-state index contributed by atoms with van der Waals surface area (Å²) in [5.74, 6) is 0. The predicted octanol–water partition coefficient (Wildman–Crippen LogP) is 2.06. The van der Waals surface area contributed by atoms with Crippen LogP contribution in [-0.2, 0) is 0 Å². The molecule has 1 nitrogen and oxygen atoms in total. The molecule has 0 radical (unpaired) electrons. The van der Waals surface area contributed by atoms with Gasteiger partial charge in [-0.1, -0.05) is 12.2 Å². The number of allylic oxidation sites excluding steroid dienone is 1. The Kier molecular flexibility index (Phi) is 4.18. The van der Waals surface area contributed by atoms with Crippen LogP contribution in [0.4, 0.5) is 13.2 Å². The van der Waals surface area contributed by atoms with Gasteiger partial charge in [-0.25, -0.2) is 0 Å². The molecule has 0 N–H and O–H groups in total. The van der Waals surface area contributed by atoms with Crippen LogP contribution in [0.25, 0.3) is 0 Å². The molecule has 4 heteroatoms. The number of hydrogen-bond acceptors (Lipinski definition) is 1. The van der Waals surface area contributed by atoms with Gasteiger partial charge in [0.25, 0.3) is 0 Å². The molecule has 66 valence electrons. The van der Waals surface area contributed by atoms with Gasteiger partial charge in [-0.2, -0.15) is 13.2 Å². The maximum Gasteiger partial charge on any atom is 0.401 e. The molecule has 0 unspecified atom stereocenters. The van der Waals surface area contributed by atoms with Crippen LogP contribution in [0.15, 0.2) is 12.2 Å². The highest BCUT2D eigenvalue weighted by Crippen LogP contribution is 2.15. The molecule has 0 aromatic carbocycles. The number of likely N-dealkylation sites (N-methyl/N-ethyl adjacent to an activating group) is 1. The Bertz CT molecular complexity index is 128. The Labute approximate surface area is 64.5 Å². The van der Waals surface area contributed by atoms with E-state index in [1.54, 1.807) is 19.1 Å². The fraction of sp³-hybridized carbons (Fsp3) is 0.714. The molecular formula is C7H12F3N. The van der Waals surface area contributed by atoms with E-state index in [0.29, 0.717) is 6.54 Å². The molecule has 0 aliphatic rings. The normalized spacial score (nSPS) is 13.3. The minimum atomic E-state index is -4.09. The minimum Gasteiger partial charge on any atom is -0.294 e. The first-order valence-electron chi connectivity index (χ1n) is 3.32. The zero-order chi connectivity index (χ0) is 8.91. The van der Waals surface area contributed by atoms with Gasteiger partial charge in [0.1, 0.15) is 0 Å². The second-order valence-corrected chi connectivity index (χ2v) is 2.38. The topological polar surface area (TPSA) is 3.24 Å². The van der Waals surface area contributed by atoms with Gasteiger partial charge in [0, 0.05) is 6.54 Å². The fourth-order valence-corrected chi connectivity index (χ4v) is 0.656. The first-order valence-corrected chi connectivity index (χ1v) is 3.32. The molecule has 0 bridgehead atoms. The van der Waals surface area contributed by atoms with Crippen LogP contribution in [0.3, 0.4) is 0 Å². The van der Waals surface area contributed by atoms with Gasteiger partial charge in [0.15, 0.2) is 0 Å². The second kappa shape index (κ2) is 4.38. The molecule has 0 aromatic heterocycles. The van der Waals surface area contributed by atoms with E-state index in [1.807, 2.05) is 0 Å². The third-order valence-electron chi connectivity index (χ3n) is 1.10. The first-order chi connectivity index (χ1) is 4.95. The molecule has 0 aliphatic heterocycles. The molecule has 0 spiro atoms. The molecule has 0 saturated heterocycles. The third-order valence-corrected chi connectivity index (χ3v) is 1.10. The van der Waals surface area contributed by atoms with Crippen LogP contribution in [0.1, 0.15) is 6.92 Å². The average molecular weight is 167 g/mol. The average Bonchev–Trinajstić information content (AvgIpc) is 1.79. The summed E-state index contributed by atoms with van der Waals surface area (Å²) in [6.07, 6.45) is -0.672. The van der Waals surface area contributed by atoms with Gasteiger partial charge >= 0.3 is 6.18 Å². The third kappa shape index (κ3) is 7.39. The number of rotatable bonds is 3. The summed E-state index contributed by atoms with van der Waals surface area (Å²) in [5.41, 5.74) is 0. The van der Waals surface area contributed by atoms with Crippen molar-refractivity contribution in [3.63, 3.8) is 0 Å². The van der Waals surface area contributed by atoms with E-state index in [0.717, 1.165) is 0 Å². The standard InChI is InChI=1S/C7H12F3N/c1-3-4-5-11(2)6-7(8,9)10/h3-4H,5-6H2,1-2H3/b4-3+. The van der Waals surface area contributed by atoms with Crippen molar-refractivity contribution in [1.29, 1.82) is 0 Å². The first kappa shape index (κ1) is 10.5. The van der Waals surface area contributed by atoms with Crippen molar-refractivity contribution in [2.45, 2.75) is 13.1 Å². The van der Waals surface area contributed by atoms with Gasteiger partial charge < -0.3 is 0 Å². The van der Waals surface area contributed by atoms with E-state index in [4.69, 9.17) is 0 Å². The summed E-state index contributed by atoms with van der Waals surface area (Å²) in [6.45, 7) is 1.27. The van der Waals surface area contributed by atoms with Crippen molar-refractivity contribution >= 4 is 0 Å². The molecule has 0 saturated carbocycles. The van der Waals surface area contributed by atoms with Crippen molar-refractivity contribution in [3.8, 4) is 0 Å². The molecule has 0 heterocycles. The lowest BCUT2D eigenvalue weighted by Crippen LogP contribution is -2.30. The highest BCUT2D eigenvalue weighted by Gasteiger charge is 2.28. The van der Waals surface area contributed by atoms with Gasteiger partial charge in [-0.05, 0) is 14.0 Å². The number of hydrogen-bond donors (Lipinski definition) is 0. The van der Waals surface area contributed by atoms with Crippen molar-refractivity contribution in [2.24, 2.45) is 0 Å². The quantitative estimate of drug-likeness (QED) is 0.581. The monoisotopic (exact) mass is 167 g/mol. The maximum atomic E-state index is 11.7. The summed E-state index contributed by atoms with van der Waals surface area (Å²) in [5, 5.41) is 0. The SMILES string of the molecule is C/C=C/CN(C)CC(F)(F)F. The van der Waals surface area contributed by atoms with Crippen LogP contribution < -0.4 is 0 Å². The molecule has 0 aromatic rings. The van der Waals surface area contributed by atoms with E-state index >= 15 is 0 Å². The van der Waals surface area contributed by atoms with Gasteiger partial charge in [0.05, 0.1) is 6.54 Å². The lowest BCUT2D eigenvalue weighted by molar-refractivity contribution is -0.141. The van der Waals surface area contributed by atoms with Crippen LogP contribution in [0.5, 0.6) is 0 Å². The number of halogens is 3. The summed E-state index contributed by atoms with van der Waals surface area (Å²) in [4.78, 5) is 1.21. The van der Waals surface area contributed by atoms with Crippen LogP contribution >= 0.6 is 0 Å². The molecule has 0 fully saturated rings. The van der Waals surface area contributed by atoms with E-state index in [9.17, 15) is 13.2 Å². The number of alkyl halides is 3. The Balaban J connectivity index is 3.60. The zero-order valence-corrected chi connectivity index (χ0v) is 6.65. The lowest BCUT2D eigenvalue weighted by atomic mass is 10.4. The van der Waals surface area contributed by atoms with Crippen LogP contribution in [-0.4, -0.2) is 31.2 Å². The molecular weight excluding hydrogens is 155 g/mol. The molecule has 0 rings (SSSR count). The van der Waals surface area contributed by atoms with E-state index in [-0.39, 0.29) is 0 Å². The van der Waals surface area contributed by atoms with Crippen molar-refractivity contribution in [1.82, 2.24) is 4.90 Å². The molecule has 11 heavy (non-hydrogen) atoms. The largest absolute Gasteiger partial charge is 0.401 e. The Morgan fingerprint density at radius 2 is 1.91 bits per heavy atom. The van der Waals surface area contributed by atoms with Crippen molar-refractivity contribution in [2.75, 3.05) is 20.1 Å². The maximum absolute atomic E-state index is 11.7. The Morgan fingerprint density at radius 1 is 1.36 bits per heavy atom. The minimum absolute atomic E-state index is 0.343. The van der Waals surface area contributed by atoms with Gasteiger partial charge in [-0.15, -0.1) is 0 Å². The summed E-state index contributed by atoms with van der Waals surface area (Å²) in [7, 11) is 1.44. The molecule has 0 amide bonds. The predicted molar refractivity (Wildman–Crippen MR) is 38.4 cm³/mol. The van der Waals surface area contributed by atoms with E-state index < -0.39 is 12.7 Å². The zero-order valence-electron chi connectivity index (χ0n) is 6.65. The van der Waals surface area contributed by atoms with Crippen molar-refractivity contribution < 1.29 is 13.2 Å². The van der Waals surface area contributed by atoms with Crippen LogP contribution in [0.2, 0.25) is 0 Å². The fourth-order valence-electron chi connectivity index (χ4n) is 0.656. The summed E-state index contributed by atoms with van der Waals surface area (Å²) >= 11 is 0. The summed E-state index contributed by atoms with van der Waals surface area (Å²) < 4.78 is 35.0. The smallest absolute Gasteiger partial charge is 0.294 e. The van der Waals surface area contributed by atoms with Crippen LogP contribution in [0, 0.1) is 0 Å². The highest BCUT2D eigenvalue weighted by atomic mass is 19.4. The van der Waals surface area contributed by atoms with Crippen molar-refractivity contribution in [3.05, 3.63) is 12.2 Å². The highest BCUT2D eigenvalue weighted by molar-refractivity contribution is 4.80. The molecule has 0 aliphatic carbocycles.